The molecule has 15 heteroatoms. The fraction of sp³-hybridized carbons (Fsp3) is 0.333. The molecule has 0 aliphatic carbocycles. The van der Waals surface area contributed by atoms with Crippen LogP contribution < -0.4 is 10.1 Å². The zero-order chi connectivity index (χ0) is 28.2. The summed E-state index contributed by atoms with van der Waals surface area (Å²) in [6.45, 7) is 2.65. The normalized spacial score (nSPS) is 14.2. The number of carbonyl (C=O) groups is 1. The van der Waals surface area contributed by atoms with Gasteiger partial charge in [0, 0.05) is 49.5 Å². The van der Waals surface area contributed by atoms with Gasteiger partial charge < -0.3 is 19.5 Å². The molecule has 0 unspecified atom stereocenters. The molecule has 1 aliphatic rings. The van der Waals surface area contributed by atoms with Crippen LogP contribution >= 0.6 is 11.6 Å². The molecule has 1 amide bonds. The third-order valence-corrected chi connectivity index (χ3v) is 8.02. The maximum atomic E-state index is 13.6. The number of nitro benzene ring substituents is 1. The van der Waals surface area contributed by atoms with Crippen LogP contribution in [0.3, 0.4) is 0 Å². The van der Waals surface area contributed by atoms with Gasteiger partial charge in [-0.2, -0.15) is 14.1 Å². The Kier molecular flexibility index (Phi) is 8.82. The molecule has 13 nitrogen and oxygen atoms in total. The predicted octanol–water partition coefficient (Wildman–Crippen LogP) is 2.93. The molecular formula is C24H26ClN5O8S. The van der Waals surface area contributed by atoms with Gasteiger partial charge in [-0.25, -0.2) is 8.42 Å². The maximum Gasteiger partial charge on any atom is 0.272 e. The summed E-state index contributed by atoms with van der Waals surface area (Å²) in [7, 11) is -2.71. The maximum absolute atomic E-state index is 13.6. The van der Waals surface area contributed by atoms with E-state index in [1.165, 1.54) is 22.2 Å². The number of methoxy groups -OCH3 is 1. The van der Waals surface area contributed by atoms with E-state index in [9.17, 15) is 23.3 Å². The minimum atomic E-state index is -4.21. The first-order chi connectivity index (χ1) is 18.6. The van der Waals surface area contributed by atoms with Crippen molar-refractivity contribution in [2.24, 2.45) is 0 Å². The number of carbonyl (C=O) groups excluding carboxylic acids is 1. The van der Waals surface area contributed by atoms with E-state index in [4.69, 9.17) is 25.8 Å². The minimum Gasteiger partial charge on any atom is -0.437 e. The molecule has 0 atom stereocenters. The lowest BCUT2D eigenvalue weighted by atomic mass is 10.2. The number of amides is 1. The van der Waals surface area contributed by atoms with E-state index in [0.29, 0.717) is 16.3 Å². The lowest BCUT2D eigenvalue weighted by Gasteiger charge is -2.26. The molecule has 1 N–H and O–H groups in total. The van der Waals surface area contributed by atoms with Crippen LogP contribution in [0.5, 0.6) is 11.6 Å². The van der Waals surface area contributed by atoms with Crippen LogP contribution in [0, 0.1) is 17.0 Å². The highest BCUT2D eigenvalue weighted by molar-refractivity contribution is 7.89. The van der Waals surface area contributed by atoms with Gasteiger partial charge in [0.05, 0.1) is 30.4 Å². The zero-order valence-corrected chi connectivity index (χ0v) is 22.7. The van der Waals surface area contributed by atoms with Crippen LogP contribution in [-0.2, 0) is 19.5 Å². The summed E-state index contributed by atoms with van der Waals surface area (Å²) in [5.74, 6) is -0.647. The number of ether oxygens (including phenoxy) is 3. The summed E-state index contributed by atoms with van der Waals surface area (Å²) in [4.78, 5) is 23.3. The number of nitro groups is 1. The van der Waals surface area contributed by atoms with E-state index >= 15 is 0 Å². The van der Waals surface area contributed by atoms with Crippen molar-refractivity contribution in [3.05, 3.63) is 68.9 Å². The van der Waals surface area contributed by atoms with Gasteiger partial charge in [0.15, 0.2) is 5.69 Å². The van der Waals surface area contributed by atoms with Crippen molar-refractivity contribution in [1.29, 1.82) is 0 Å². The Bertz CT molecular complexity index is 1490. The number of benzene rings is 2. The Labute approximate surface area is 229 Å². The van der Waals surface area contributed by atoms with E-state index < -0.39 is 31.4 Å². The third kappa shape index (κ3) is 6.20. The number of hydrogen-bond donors (Lipinski definition) is 1. The average molecular weight is 580 g/mol. The number of non-ortho nitro benzene ring substituents is 1. The van der Waals surface area contributed by atoms with E-state index in [2.05, 4.69) is 10.4 Å². The van der Waals surface area contributed by atoms with Crippen LogP contribution in [0.1, 0.15) is 16.1 Å². The molecule has 1 aliphatic heterocycles. The summed E-state index contributed by atoms with van der Waals surface area (Å²) >= 11 is 6.19. The van der Waals surface area contributed by atoms with Gasteiger partial charge in [0.2, 0.25) is 15.9 Å². The second-order valence-corrected chi connectivity index (χ2v) is 10.8. The second kappa shape index (κ2) is 12.1. The summed E-state index contributed by atoms with van der Waals surface area (Å²) in [6, 6.07) is 9.91. The van der Waals surface area contributed by atoms with Crippen LogP contribution in [0.4, 0.5) is 5.69 Å². The number of halogens is 1. The van der Waals surface area contributed by atoms with E-state index in [1.54, 1.807) is 31.2 Å². The van der Waals surface area contributed by atoms with E-state index in [1.807, 2.05) is 0 Å². The predicted molar refractivity (Wildman–Crippen MR) is 140 cm³/mol. The van der Waals surface area contributed by atoms with Crippen LogP contribution in [0.25, 0.3) is 5.69 Å². The van der Waals surface area contributed by atoms with Crippen molar-refractivity contribution in [1.82, 2.24) is 19.4 Å². The first-order valence-corrected chi connectivity index (χ1v) is 13.6. The summed E-state index contributed by atoms with van der Waals surface area (Å²) in [5, 5.41) is 19.0. The Morgan fingerprint density at radius 3 is 2.64 bits per heavy atom. The molecule has 2 aromatic carbocycles. The van der Waals surface area contributed by atoms with Gasteiger partial charge in [-0.15, -0.1) is 0 Å². The molecule has 4 rings (SSSR count). The van der Waals surface area contributed by atoms with Crippen molar-refractivity contribution in [2.75, 3.05) is 46.6 Å². The largest absolute Gasteiger partial charge is 0.437 e. The zero-order valence-electron chi connectivity index (χ0n) is 21.1. The standard InChI is InChI=1S/C24H26ClN5O8S/c1-16-22(23(31)26-8-11-36-2)27-29(18-5-3-4-17(25)14-18)24(16)38-20-7-6-19(30(32)33)15-21(20)39(34,35)28-9-12-37-13-10-28/h3-7,14-15H,8-13H2,1-2H3,(H,26,31). The molecule has 1 aromatic heterocycles. The lowest BCUT2D eigenvalue weighted by molar-refractivity contribution is -0.385. The van der Waals surface area contributed by atoms with Gasteiger partial charge in [-0.1, -0.05) is 17.7 Å². The molecule has 0 saturated carbocycles. The summed E-state index contributed by atoms with van der Waals surface area (Å²) < 4.78 is 46.0. The fourth-order valence-electron chi connectivity index (χ4n) is 3.88. The topological polar surface area (TPSA) is 155 Å². The number of nitrogens with zero attached hydrogens (tertiary/aromatic N) is 4. The van der Waals surface area contributed by atoms with Gasteiger partial charge in [-0.3, -0.25) is 14.9 Å². The third-order valence-electron chi connectivity index (χ3n) is 5.86. The summed E-state index contributed by atoms with van der Waals surface area (Å²) in [5.41, 5.74) is 0.349. The molecule has 39 heavy (non-hydrogen) atoms. The van der Waals surface area contributed by atoms with Gasteiger partial charge >= 0.3 is 0 Å². The monoisotopic (exact) mass is 579 g/mol. The number of aromatic nitrogens is 2. The molecule has 0 bridgehead atoms. The Morgan fingerprint density at radius 2 is 1.97 bits per heavy atom. The van der Waals surface area contributed by atoms with E-state index in [0.717, 1.165) is 12.1 Å². The van der Waals surface area contributed by atoms with Crippen LogP contribution in [0.15, 0.2) is 47.4 Å². The average Bonchev–Trinajstić information content (AvgIpc) is 3.25. The molecule has 208 valence electrons. The first-order valence-electron chi connectivity index (χ1n) is 11.8. The van der Waals surface area contributed by atoms with Crippen LogP contribution in [0.2, 0.25) is 5.02 Å². The number of hydrogen-bond acceptors (Lipinski definition) is 9. The van der Waals surface area contributed by atoms with E-state index in [-0.39, 0.29) is 56.8 Å². The van der Waals surface area contributed by atoms with Crippen molar-refractivity contribution in [3.8, 4) is 17.3 Å². The smallest absolute Gasteiger partial charge is 0.272 e. The van der Waals surface area contributed by atoms with Gasteiger partial charge in [0.25, 0.3) is 11.6 Å². The van der Waals surface area contributed by atoms with Crippen molar-refractivity contribution < 1.29 is 32.3 Å². The molecule has 1 fully saturated rings. The first kappa shape index (κ1) is 28.4. The van der Waals surface area contributed by atoms with Crippen molar-refractivity contribution in [2.45, 2.75) is 11.8 Å². The highest BCUT2D eigenvalue weighted by Gasteiger charge is 2.32. The molecule has 3 aromatic rings. The molecule has 0 radical (unpaired) electrons. The molecular weight excluding hydrogens is 554 g/mol. The highest BCUT2D eigenvalue weighted by Crippen LogP contribution is 2.37. The quantitative estimate of drug-likeness (QED) is 0.217. The number of rotatable bonds is 10. The Hall–Kier alpha value is -3.56. The molecule has 2 heterocycles. The molecule has 1 saturated heterocycles. The lowest BCUT2D eigenvalue weighted by Crippen LogP contribution is -2.40. The van der Waals surface area contributed by atoms with Crippen LogP contribution in [-0.4, -0.2) is 79.9 Å². The van der Waals surface area contributed by atoms with Gasteiger partial charge in [-0.05, 0) is 31.2 Å². The Balaban J connectivity index is 1.84. The fourth-order valence-corrected chi connectivity index (χ4v) is 5.60. The summed E-state index contributed by atoms with van der Waals surface area (Å²) in [6.07, 6.45) is 0. The number of morpholine rings is 1. The number of nitrogens with one attached hydrogen (secondary N) is 1. The van der Waals surface area contributed by atoms with Crippen molar-refractivity contribution >= 4 is 33.2 Å². The number of sulfonamides is 1. The highest BCUT2D eigenvalue weighted by atomic mass is 35.5. The molecule has 0 spiro atoms. The van der Waals surface area contributed by atoms with Crippen molar-refractivity contribution in [3.63, 3.8) is 0 Å². The second-order valence-electron chi connectivity index (χ2n) is 8.43. The van der Waals surface area contributed by atoms with Gasteiger partial charge in [0.1, 0.15) is 10.6 Å². The SMILES string of the molecule is COCCNC(=O)c1nn(-c2cccc(Cl)c2)c(Oc2ccc([N+](=O)[O-])cc2S(=O)(=O)N2CCOCC2)c1C. The Morgan fingerprint density at radius 1 is 1.23 bits per heavy atom. The minimum absolute atomic E-state index is 0.0283.